The van der Waals surface area contributed by atoms with Crippen molar-refractivity contribution in [3.63, 3.8) is 0 Å². The van der Waals surface area contributed by atoms with Gasteiger partial charge in [-0.2, -0.15) is 0 Å². The summed E-state index contributed by atoms with van der Waals surface area (Å²) in [5, 5.41) is 13.1. The van der Waals surface area contributed by atoms with E-state index in [4.69, 9.17) is 9.47 Å². The summed E-state index contributed by atoms with van der Waals surface area (Å²) >= 11 is 0. The standard InChI is InChI=1S/C27H29NO4/c1-17(2)32-20-14-12-19(13-15-20)26(18(3)29)28-27(30)31-16-25-23-10-6-4-8-21(23)22-9-5-7-11-24(22)25/h4-15,17-18,25-26,29H,16H2,1-3H3,(H,28,30). The molecular weight excluding hydrogens is 402 g/mol. The summed E-state index contributed by atoms with van der Waals surface area (Å²) in [6.45, 7) is 5.80. The first-order valence-corrected chi connectivity index (χ1v) is 11.0. The molecule has 32 heavy (non-hydrogen) atoms. The van der Waals surface area contributed by atoms with Gasteiger partial charge in [0.05, 0.1) is 18.2 Å². The predicted octanol–water partition coefficient (Wildman–Crippen LogP) is 5.43. The minimum Gasteiger partial charge on any atom is -0.491 e. The Kier molecular flexibility index (Phi) is 6.47. The molecule has 2 unspecified atom stereocenters. The smallest absolute Gasteiger partial charge is 0.407 e. The molecule has 3 aromatic rings. The molecule has 0 aliphatic heterocycles. The van der Waals surface area contributed by atoms with Gasteiger partial charge in [0.2, 0.25) is 0 Å². The molecule has 166 valence electrons. The Morgan fingerprint density at radius 2 is 1.47 bits per heavy atom. The van der Waals surface area contributed by atoms with Gasteiger partial charge in [0.25, 0.3) is 0 Å². The number of rotatable bonds is 7. The fourth-order valence-corrected chi connectivity index (χ4v) is 4.28. The van der Waals surface area contributed by atoms with Crippen LogP contribution in [0.5, 0.6) is 5.75 Å². The van der Waals surface area contributed by atoms with Crippen LogP contribution < -0.4 is 10.1 Å². The van der Waals surface area contributed by atoms with Crippen molar-refractivity contribution in [3.05, 3.63) is 89.5 Å². The van der Waals surface area contributed by atoms with Gasteiger partial charge in [0.15, 0.2) is 0 Å². The molecule has 0 fully saturated rings. The largest absolute Gasteiger partial charge is 0.491 e. The van der Waals surface area contributed by atoms with Crippen molar-refractivity contribution in [3.8, 4) is 16.9 Å². The molecule has 5 nitrogen and oxygen atoms in total. The van der Waals surface area contributed by atoms with Crippen molar-refractivity contribution in [1.82, 2.24) is 5.32 Å². The molecule has 0 radical (unpaired) electrons. The van der Waals surface area contributed by atoms with Crippen LogP contribution in [0.3, 0.4) is 0 Å². The van der Waals surface area contributed by atoms with Crippen LogP contribution in [0.25, 0.3) is 11.1 Å². The van der Waals surface area contributed by atoms with Crippen LogP contribution in [0, 0.1) is 0 Å². The van der Waals surface area contributed by atoms with Gasteiger partial charge in [-0.3, -0.25) is 0 Å². The van der Waals surface area contributed by atoms with Crippen LogP contribution in [0.1, 0.15) is 49.4 Å². The number of nitrogens with one attached hydrogen (secondary N) is 1. The van der Waals surface area contributed by atoms with Crippen molar-refractivity contribution < 1.29 is 19.4 Å². The number of aliphatic hydroxyl groups is 1. The Bertz CT molecular complexity index is 1030. The molecule has 0 aromatic heterocycles. The summed E-state index contributed by atoms with van der Waals surface area (Å²) in [7, 11) is 0. The molecule has 0 heterocycles. The molecule has 2 atom stereocenters. The SMILES string of the molecule is CC(C)Oc1ccc(C(NC(=O)OCC2c3ccccc3-c3ccccc32)C(C)O)cc1. The Hall–Kier alpha value is -3.31. The van der Waals surface area contributed by atoms with Crippen LogP contribution in [0.15, 0.2) is 72.8 Å². The van der Waals surface area contributed by atoms with Gasteiger partial charge in [-0.1, -0.05) is 60.7 Å². The van der Waals surface area contributed by atoms with Gasteiger partial charge in [0.1, 0.15) is 12.4 Å². The molecular formula is C27H29NO4. The zero-order valence-corrected chi connectivity index (χ0v) is 18.6. The number of amides is 1. The lowest BCUT2D eigenvalue weighted by Crippen LogP contribution is -2.36. The molecule has 3 aromatic carbocycles. The quantitative estimate of drug-likeness (QED) is 0.523. The Morgan fingerprint density at radius 1 is 0.906 bits per heavy atom. The predicted molar refractivity (Wildman–Crippen MR) is 125 cm³/mol. The summed E-state index contributed by atoms with van der Waals surface area (Å²) < 4.78 is 11.3. The van der Waals surface area contributed by atoms with E-state index in [0.29, 0.717) is 0 Å². The normalized spacial score (nSPS) is 14.4. The minimum atomic E-state index is -0.785. The van der Waals surface area contributed by atoms with Gasteiger partial charge >= 0.3 is 6.09 Å². The second-order valence-corrected chi connectivity index (χ2v) is 8.42. The third-order valence-electron chi connectivity index (χ3n) is 5.71. The van der Waals surface area contributed by atoms with Crippen molar-refractivity contribution in [2.24, 2.45) is 0 Å². The molecule has 4 rings (SSSR count). The van der Waals surface area contributed by atoms with Crippen LogP contribution in [0.4, 0.5) is 4.79 Å². The first-order chi connectivity index (χ1) is 15.4. The maximum absolute atomic E-state index is 12.7. The lowest BCUT2D eigenvalue weighted by Gasteiger charge is -2.23. The zero-order valence-electron chi connectivity index (χ0n) is 18.6. The van der Waals surface area contributed by atoms with Crippen LogP contribution in [-0.4, -0.2) is 30.0 Å². The number of carbonyl (C=O) groups is 1. The van der Waals surface area contributed by atoms with Crippen molar-refractivity contribution in [1.29, 1.82) is 0 Å². The lowest BCUT2D eigenvalue weighted by molar-refractivity contribution is 0.112. The summed E-state index contributed by atoms with van der Waals surface area (Å²) in [5.41, 5.74) is 5.47. The Balaban J connectivity index is 1.44. The molecule has 0 saturated heterocycles. The summed E-state index contributed by atoms with van der Waals surface area (Å²) in [5.74, 6) is 0.736. The van der Waals surface area contributed by atoms with Gasteiger partial charge < -0.3 is 19.9 Å². The van der Waals surface area contributed by atoms with E-state index in [1.165, 1.54) is 11.1 Å². The average Bonchev–Trinajstić information content (AvgIpc) is 3.10. The highest BCUT2D eigenvalue weighted by Crippen LogP contribution is 2.44. The molecule has 0 spiro atoms. The molecule has 5 heteroatoms. The van der Waals surface area contributed by atoms with E-state index >= 15 is 0 Å². The number of ether oxygens (including phenoxy) is 2. The number of carbonyl (C=O) groups excluding carboxylic acids is 1. The Labute approximate surface area is 189 Å². The fraction of sp³-hybridized carbons (Fsp3) is 0.296. The number of fused-ring (bicyclic) bond motifs is 3. The van der Waals surface area contributed by atoms with Gasteiger partial charge in [-0.25, -0.2) is 4.79 Å². The Morgan fingerprint density at radius 3 is 2.00 bits per heavy atom. The monoisotopic (exact) mass is 431 g/mol. The second-order valence-electron chi connectivity index (χ2n) is 8.42. The highest BCUT2D eigenvalue weighted by Gasteiger charge is 2.29. The first-order valence-electron chi connectivity index (χ1n) is 11.0. The number of hydrogen-bond acceptors (Lipinski definition) is 4. The second kappa shape index (κ2) is 9.45. The maximum atomic E-state index is 12.7. The molecule has 0 saturated carbocycles. The number of alkyl carbamates (subject to hydrolysis) is 1. The van der Waals surface area contributed by atoms with Crippen LogP contribution in [-0.2, 0) is 4.74 Å². The third kappa shape index (κ3) is 4.63. The highest BCUT2D eigenvalue weighted by molar-refractivity contribution is 5.79. The number of aliphatic hydroxyl groups excluding tert-OH is 1. The summed E-state index contributed by atoms with van der Waals surface area (Å²) in [6.07, 6.45) is -1.26. The topological polar surface area (TPSA) is 67.8 Å². The van der Waals surface area contributed by atoms with E-state index < -0.39 is 18.2 Å². The van der Waals surface area contributed by atoms with Gasteiger partial charge in [0, 0.05) is 5.92 Å². The molecule has 1 aliphatic rings. The van der Waals surface area contributed by atoms with E-state index in [2.05, 4.69) is 29.6 Å². The van der Waals surface area contributed by atoms with E-state index in [0.717, 1.165) is 22.4 Å². The minimum absolute atomic E-state index is 0.00869. The van der Waals surface area contributed by atoms with E-state index in [9.17, 15) is 9.90 Å². The summed E-state index contributed by atoms with van der Waals surface area (Å²) in [6, 6.07) is 23.2. The highest BCUT2D eigenvalue weighted by atomic mass is 16.5. The van der Waals surface area contributed by atoms with E-state index in [-0.39, 0.29) is 18.6 Å². The van der Waals surface area contributed by atoms with Gasteiger partial charge in [-0.05, 0) is 60.7 Å². The van der Waals surface area contributed by atoms with Crippen molar-refractivity contribution >= 4 is 6.09 Å². The van der Waals surface area contributed by atoms with Crippen LogP contribution in [0.2, 0.25) is 0 Å². The van der Waals surface area contributed by atoms with Gasteiger partial charge in [-0.15, -0.1) is 0 Å². The summed E-state index contributed by atoms with van der Waals surface area (Å²) in [4.78, 5) is 12.7. The number of hydrogen-bond donors (Lipinski definition) is 2. The van der Waals surface area contributed by atoms with Crippen molar-refractivity contribution in [2.45, 2.75) is 44.9 Å². The molecule has 1 amide bonds. The maximum Gasteiger partial charge on any atom is 0.407 e. The fourth-order valence-electron chi connectivity index (χ4n) is 4.28. The van der Waals surface area contributed by atoms with Crippen LogP contribution >= 0.6 is 0 Å². The molecule has 1 aliphatic carbocycles. The van der Waals surface area contributed by atoms with E-state index in [1.807, 2.05) is 62.4 Å². The molecule has 0 bridgehead atoms. The zero-order chi connectivity index (χ0) is 22.7. The first kappa shape index (κ1) is 21.9. The average molecular weight is 432 g/mol. The van der Waals surface area contributed by atoms with E-state index in [1.54, 1.807) is 6.92 Å². The molecule has 2 N–H and O–H groups in total. The number of benzene rings is 3. The third-order valence-corrected chi connectivity index (χ3v) is 5.71. The van der Waals surface area contributed by atoms with Crippen molar-refractivity contribution in [2.75, 3.05) is 6.61 Å². The lowest BCUT2D eigenvalue weighted by atomic mass is 9.98.